The first-order valence-electron chi connectivity index (χ1n) is 0. The van der Waals surface area contributed by atoms with Crippen molar-refractivity contribution in [2.45, 2.75) is 0 Å². The van der Waals surface area contributed by atoms with E-state index in [2.05, 4.69) is 0 Å². The minimum atomic E-state index is 0. The van der Waals surface area contributed by atoms with Gasteiger partial charge in [-0.2, -0.15) is 0 Å². The summed E-state index contributed by atoms with van der Waals surface area (Å²) in [6.07, 6.45) is 0. The molecule has 0 amide bonds. The molecule has 0 saturated heterocycles. The summed E-state index contributed by atoms with van der Waals surface area (Å²) < 4.78 is 0. The zero-order valence-corrected chi connectivity index (χ0v) is 6.51. The Bertz CT molecular complexity index is 8.00. The van der Waals surface area contributed by atoms with E-state index in [9.17, 15) is 0 Å². The van der Waals surface area contributed by atoms with Gasteiger partial charge in [-0.15, -0.1) is 0 Å². The Kier molecular flexibility index (Phi) is 120. The summed E-state index contributed by atoms with van der Waals surface area (Å²) in [5, 5.41) is 0. The van der Waals surface area contributed by atoms with Gasteiger partial charge in [0.05, 0.1) is 0 Å². The Labute approximate surface area is 89.3 Å². The van der Waals surface area contributed by atoms with Gasteiger partial charge < -0.3 is 0 Å². The normalized spacial score (nSPS) is 0. The fourth-order valence-electron chi connectivity index (χ4n) is 0. The van der Waals surface area contributed by atoms with Crippen LogP contribution in [0.3, 0.4) is 0 Å². The maximum absolute atomic E-state index is 0. The van der Waals surface area contributed by atoms with Crippen LogP contribution < -0.4 is 0 Å². The van der Waals surface area contributed by atoms with Gasteiger partial charge in [0.15, 0.2) is 0 Å². The number of hydrogen-bond acceptors (Lipinski definition) is 0. The van der Waals surface area contributed by atoms with Crippen LogP contribution >= 0.6 is 0 Å². The summed E-state index contributed by atoms with van der Waals surface area (Å²) in [7, 11) is 0. The second-order valence-corrected chi connectivity index (χ2v) is 0. The molecule has 0 rings (SSSR count). The fourth-order valence-corrected chi connectivity index (χ4v) is 0. The van der Waals surface area contributed by atoms with Crippen molar-refractivity contribution in [3.63, 3.8) is 0 Å². The summed E-state index contributed by atoms with van der Waals surface area (Å²) >= 11 is 0. The van der Waals surface area contributed by atoms with Crippen molar-refractivity contribution < 1.29 is 53.3 Å². The third kappa shape index (κ3) is 8.86. The Morgan fingerprint density at radius 2 is 1.00 bits per heavy atom. The van der Waals surface area contributed by atoms with Crippen molar-refractivity contribution in [1.29, 1.82) is 0 Å². The largest absolute Gasteiger partial charge is 0 e. The molecule has 0 aliphatic carbocycles. The first-order valence-corrected chi connectivity index (χ1v) is 0. The second-order valence-electron chi connectivity index (χ2n) is 0. The van der Waals surface area contributed by atoms with Gasteiger partial charge in [-0.3, -0.25) is 0 Å². The molecule has 0 N–H and O–H groups in total. The van der Waals surface area contributed by atoms with E-state index >= 15 is 0 Å². The van der Waals surface area contributed by atoms with Gasteiger partial charge in [0.2, 0.25) is 0 Å². The predicted molar refractivity (Wildman–Crippen MR) is 8.54 cm³/mol. The molecular formula is H2CaCoFeZn. The fraction of sp³-hybridized carbons (Fsp3) is 0. The van der Waals surface area contributed by atoms with Crippen molar-refractivity contribution in [3.8, 4) is 0 Å². The minimum absolute atomic E-state index is 0. The molecule has 4 heavy (non-hydrogen) atoms. The molecule has 0 fully saturated rings. The quantitative estimate of drug-likeness (QED) is 0.465. The van der Waals surface area contributed by atoms with Gasteiger partial charge in [0.1, 0.15) is 0 Å². The third-order valence-electron chi connectivity index (χ3n) is 0. The van der Waals surface area contributed by atoms with E-state index in [1.165, 1.54) is 0 Å². The van der Waals surface area contributed by atoms with Crippen LogP contribution in [0.1, 0.15) is 0 Å². The van der Waals surface area contributed by atoms with E-state index in [0.717, 1.165) is 0 Å². The third-order valence-corrected chi connectivity index (χ3v) is 0. The van der Waals surface area contributed by atoms with Crippen LogP contribution in [0.5, 0.6) is 0 Å². The summed E-state index contributed by atoms with van der Waals surface area (Å²) in [6.45, 7) is 0. The molecule has 0 heterocycles. The van der Waals surface area contributed by atoms with E-state index in [0.29, 0.717) is 0 Å². The Morgan fingerprint density at radius 3 is 1.00 bits per heavy atom. The zero-order chi connectivity index (χ0) is 0. The monoisotopic (exact) mass is 221 g/mol. The smallest absolute Gasteiger partial charge is 0 e. The molecule has 23 valence electrons. The Balaban J connectivity index is 0. The minimum Gasteiger partial charge on any atom is 0 e. The molecular weight excluding hydrogens is 220 g/mol. The first-order chi connectivity index (χ1) is 0. The summed E-state index contributed by atoms with van der Waals surface area (Å²) in [5.41, 5.74) is 0. The molecule has 0 bridgehead atoms. The van der Waals surface area contributed by atoms with Crippen molar-refractivity contribution in [1.82, 2.24) is 0 Å². The molecule has 4 heteroatoms. The van der Waals surface area contributed by atoms with Gasteiger partial charge in [-0.25, -0.2) is 0 Å². The average Bonchev–Trinajstić information content (AvgIpc) is 0. The number of hydrogen-bond donors (Lipinski definition) is 0. The van der Waals surface area contributed by atoms with Crippen molar-refractivity contribution in [3.05, 3.63) is 0 Å². The van der Waals surface area contributed by atoms with E-state index < -0.39 is 0 Å². The molecule has 1 radical (unpaired) electrons. The van der Waals surface area contributed by atoms with Crippen LogP contribution in [0, 0.1) is 0 Å². The van der Waals surface area contributed by atoms with E-state index in [-0.39, 0.29) is 91.1 Å². The molecule has 0 aliphatic heterocycles. The number of rotatable bonds is 0. The van der Waals surface area contributed by atoms with Crippen LogP contribution in [0.4, 0.5) is 0 Å². The van der Waals surface area contributed by atoms with E-state index in [1.54, 1.807) is 0 Å². The molecule has 0 aromatic carbocycles. The predicted octanol–water partition coefficient (Wildman–Crippen LogP) is -0.924. The van der Waals surface area contributed by atoms with Gasteiger partial charge in [-0.05, 0) is 0 Å². The molecule has 0 nitrogen and oxygen atoms in total. The molecule has 0 spiro atoms. The zero-order valence-electron chi connectivity index (χ0n) is 1.39. The average molecular weight is 222 g/mol. The molecule has 0 atom stereocenters. The Hall–Kier alpha value is 2.91. The SMILES string of the molecule is [CaH2].[Co].[Fe].[Zn]. The van der Waals surface area contributed by atoms with Crippen molar-refractivity contribution in [2.24, 2.45) is 0 Å². The van der Waals surface area contributed by atoms with Crippen molar-refractivity contribution in [2.75, 3.05) is 0 Å². The van der Waals surface area contributed by atoms with Gasteiger partial charge >= 0.3 is 37.7 Å². The Morgan fingerprint density at radius 1 is 1.00 bits per heavy atom. The molecule has 0 unspecified atom stereocenters. The first kappa shape index (κ1) is 28.5. The maximum atomic E-state index is 0. The summed E-state index contributed by atoms with van der Waals surface area (Å²) in [4.78, 5) is 0. The molecule has 0 saturated carbocycles. The maximum Gasteiger partial charge on any atom is 0 e. The summed E-state index contributed by atoms with van der Waals surface area (Å²) in [5.74, 6) is 0. The molecule has 0 aromatic heterocycles. The van der Waals surface area contributed by atoms with Gasteiger partial charge in [0, 0.05) is 53.3 Å². The van der Waals surface area contributed by atoms with Gasteiger partial charge in [0.25, 0.3) is 0 Å². The van der Waals surface area contributed by atoms with Crippen LogP contribution in [0.25, 0.3) is 0 Å². The van der Waals surface area contributed by atoms with E-state index in [4.69, 9.17) is 0 Å². The van der Waals surface area contributed by atoms with Crippen molar-refractivity contribution >= 4 is 37.7 Å². The van der Waals surface area contributed by atoms with Crippen LogP contribution in [0.15, 0.2) is 0 Å². The molecule has 0 aliphatic rings. The standard InChI is InChI=1S/Ca.Co.Fe.Zn.2H. The second kappa shape index (κ2) is 16.8. The van der Waals surface area contributed by atoms with Gasteiger partial charge in [-0.1, -0.05) is 0 Å². The van der Waals surface area contributed by atoms with E-state index in [1.807, 2.05) is 0 Å². The van der Waals surface area contributed by atoms with Crippen LogP contribution in [0.2, 0.25) is 0 Å². The summed E-state index contributed by atoms with van der Waals surface area (Å²) in [6, 6.07) is 0. The molecule has 0 aromatic rings. The van der Waals surface area contributed by atoms with Crippen LogP contribution in [-0.4, -0.2) is 37.7 Å². The van der Waals surface area contributed by atoms with Crippen LogP contribution in [-0.2, 0) is 53.3 Å². The topological polar surface area (TPSA) is 0 Å².